The number of fused-ring (bicyclic) bond motifs is 2. The van der Waals surface area contributed by atoms with Crippen LogP contribution in [0, 0.1) is 0 Å². The molecule has 0 unspecified atom stereocenters. The topological polar surface area (TPSA) is 3.24 Å². The van der Waals surface area contributed by atoms with Crippen molar-refractivity contribution in [2.45, 2.75) is 44.4 Å². The van der Waals surface area contributed by atoms with Crippen molar-refractivity contribution in [2.75, 3.05) is 4.90 Å². The molecule has 0 aromatic heterocycles. The molecular formula is C29H27N. The fourth-order valence-electron chi connectivity index (χ4n) is 5.81. The summed E-state index contributed by atoms with van der Waals surface area (Å²) in [4.78, 5) is 2.63. The highest BCUT2D eigenvalue weighted by atomic mass is 15.2. The Morgan fingerprint density at radius 1 is 0.600 bits per heavy atom. The van der Waals surface area contributed by atoms with Crippen LogP contribution < -0.4 is 4.90 Å². The second kappa shape index (κ2) is 7.32. The standard InChI is InChI=1S/C29H27N/c1-3-12-22(13-4-1)28-25-17-9-10-18-27(25)30(23-14-5-2-6-15-23)29-24-16-8-7-11-21(24)19-20-26(28)29/h1-8,11-16,28H,9-10,17-20H2/t28-/m0/s1. The summed E-state index contributed by atoms with van der Waals surface area (Å²) in [5, 5.41) is 0. The molecule has 3 aromatic rings. The molecule has 1 heterocycles. The zero-order valence-corrected chi connectivity index (χ0v) is 17.4. The molecule has 0 spiro atoms. The van der Waals surface area contributed by atoms with E-state index in [-0.39, 0.29) is 0 Å². The number of para-hydroxylation sites is 1. The van der Waals surface area contributed by atoms with Crippen LogP contribution in [0.4, 0.5) is 5.69 Å². The van der Waals surface area contributed by atoms with Gasteiger partial charge in [-0.1, -0.05) is 72.8 Å². The number of anilines is 1. The quantitative estimate of drug-likeness (QED) is 0.439. The first-order chi connectivity index (χ1) is 14.9. The molecule has 148 valence electrons. The van der Waals surface area contributed by atoms with Gasteiger partial charge in [0.15, 0.2) is 0 Å². The van der Waals surface area contributed by atoms with Crippen LogP contribution in [-0.4, -0.2) is 0 Å². The molecule has 0 bridgehead atoms. The summed E-state index contributed by atoms with van der Waals surface area (Å²) in [7, 11) is 0. The van der Waals surface area contributed by atoms with Crippen LogP contribution in [0.5, 0.6) is 0 Å². The van der Waals surface area contributed by atoms with Gasteiger partial charge in [-0.05, 0) is 72.9 Å². The summed E-state index contributed by atoms with van der Waals surface area (Å²) < 4.78 is 0. The predicted molar refractivity (Wildman–Crippen MR) is 125 cm³/mol. The third-order valence-electron chi connectivity index (χ3n) is 7.06. The molecule has 0 amide bonds. The van der Waals surface area contributed by atoms with Crippen LogP contribution in [0.2, 0.25) is 0 Å². The minimum atomic E-state index is 0.435. The Balaban J connectivity index is 1.65. The molecule has 30 heavy (non-hydrogen) atoms. The zero-order valence-electron chi connectivity index (χ0n) is 17.4. The van der Waals surface area contributed by atoms with Gasteiger partial charge in [-0.2, -0.15) is 0 Å². The monoisotopic (exact) mass is 389 g/mol. The van der Waals surface area contributed by atoms with Gasteiger partial charge in [-0.25, -0.2) is 0 Å². The van der Waals surface area contributed by atoms with E-state index in [1.807, 2.05) is 0 Å². The first kappa shape index (κ1) is 17.8. The zero-order chi connectivity index (χ0) is 19.9. The van der Waals surface area contributed by atoms with Crippen molar-refractivity contribution in [3.8, 4) is 0 Å². The van der Waals surface area contributed by atoms with Crippen molar-refractivity contribution in [3.05, 3.63) is 118 Å². The van der Waals surface area contributed by atoms with E-state index in [1.54, 1.807) is 16.8 Å². The van der Waals surface area contributed by atoms with Crippen LogP contribution in [0.3, 0.4) is 0 Å². The van der Waals surface area contributed by atoms with Gasteiger partial charge in [0.1, 0.15) is 0 Å². The number of allylic oxidation sites excluding steroid dienone is 3. The third kappa shape index (κ3) is 2.76. The Morgan fingerprint density at radius 2 is 1.30 bits per heavy atom. The lowest BCUT2D eigenvalue weighted by Gasteiger charge is -2.45. The number of nitrogens with zero attached hydrogens (tertiary/aromatic N) is 1. The van der Waals surface area contributed by atoms with E-state index < -0.39 is 0 Å². The van der Waals surface area contributed by atoms with Crippen molar-refractivity contribution in [1.29, 1.82) is 0 Å². The molecule has 0 radical (unpaired) electrons. The van der Waals surface area contributed by atoms with Crippen molar-refractivity contribution in [2.24, 2.45) is 0 Å². The Kier molecular flexibility index (Phi) is 4.34. The second-order valence-electron chi connectivity index (χ2n) is 8.72. The van der Waals surface area contributed by atoms with E-state index in [1.165, 1.54) is 53.8 Å². The Bertz CT molecular complexity index is 1140. The number of benzene rings is 3. The number of rotatable bonds is 2. The molecule has 0 saturated heterocycles. The SMILES string of the molecule is c1ccc([C@H]2C3=C(CCCC3)N(c3ccccc3)C3=C2CCc2ccccc23)cc1. The number of hydrogen-bond donors (Lipinski definition) is 0. The fraction of sp³-hybridized carbons (Fsp3) is 0.241. The van der Waals surface area contributed by atoms with E-state index in [2.05, 4.69) is 89.8 Å². The van der Waals surface area contributed by atoms with E-state index in [9.17, 15) is 0 Å². The summed E-state index contributed by atoms with van der Waals surface area (Å²) in [5.41, 5.74) is 12.0. The minimum absolute atomic E-state index is 0.435. The highest BCUT2D eigenvalue weighted by Gasteiger charge is 2.39. The van der Waals surface area contributed by atoms with Crippen molar-refractivity contribution < 1.29 is 0 Å². The lowest BCUT2D eigenvalue weighted by Crippen LogP contribution is -2.34. The first-order valence-corrected chi connectivity index (χ1v) is 11.3. The molecule has 3 aliphatic rings. The molecule has 1 atom stereocenters. The van der Waals surface area contributed by atoms with Crippen molar-refractivity contribution >= 4 is 11.4 Å². The van der Waals surface area contributed by atoms with Gasteiger partial charge in [-0.3, -0.25) is 0 Å². The summed E-state index contributed by atoms with van der Waals surface area (Å²) in [5.74, 6) is 0.435. The largest absolute Gasteiger partial charge is 0.314 e. The van der Waals surface area contributed by atoms with E-state index in [0.717, 1.165) is 12.8 Å². The summed E-state index contributed by atoms with van der Waals surface area (Å²) in [6.45, 7) is 0. The van der Waals surface area contributed by atoms with Crippen molar-refractivity contribution in [3.63, 3.8) is 0 Å². The summed E-state index contributed by atoms with van der Waals surface area (Å²) in [6, 6.07) is 31.4. The molecule has 6 rings (SSSR count). The van der Waals surface area contributed by atoms with Gasteiger partial charge in [0.05, 0.1) is 5.70 Å². The first-order valence-electron chi connectivity index (χ1n) is 11.3. The molecular weight excluding hydrogens is 362 g/mol. The average molecular weight is 390 g/mol. The molecule has 0 fully saturated rings. The number of hydrogen-bond acceptors (Lipinski definition) is 1. The minimum Gasteiger partial charge on any atom is -0.314 e. The van der Waals surface area contributed by atoms with Crippen LogP contribution in [0.15, 0.2) is 102 Å². The van der Waals surface area contributed by atoms with Gasteiger partial charge >= 0.3 is 0 Å². The second-order valence-corrected chi connectivity index (χ2v) is 8.72. The van der Waals surface area contributed by atoms with E-state index in [0.29, 0.717) is 5.92 Å². The van der Waals surface area contributed by atoms with Gasteiger partial charge < -0.3 is 4.90 Å². The molecule has 2 aliphatic carbocycles. The Hall–Kier alpha value is -3.06. The van der Waals surface area contributed by atoms with E-state index >= 15 is 0 Å². The van der Waals surface area contributed by atoms with Gasteiger partial charge in [0.2, 0.25) is 0 Å². The average Bonchev–Trinajstić information content (AvgIpc) is 2.83. The lowest BCUT2D eigenvalue weighted by molar-refractivity contribution is 0.608. The third-order valence-corrected chi connectivity index (χ3v) is 7.06. The van der Waals surface area contributed by atoms with Gasteiger partial charge in [-0.15, -0.1) is 0 Å². The predicted octanol–water partition coefficient (Wildman–Crippen LogP) is 7.48. The summed E-state index contributed by atoms with van der Waals surface area (Å²) in [6.07, 6.45) is 7.27. The molecule has 1 nitrogen and oxygen atoms in total. The maximum Gasteiger partial charge on any atom is 0.0535 e. The number of aryl methyl sites for hydroxylation is 1. The van der Waals surface area contributed by atoms with Crippen LogP contribution in [-0.2, 0) is 6.42 Å². The molecule has 0 saturated carbocycles. The van der Waals surface area contributed by atoms with Gasteiger partial charge in [0, 0.05) is 22.9 Å². The van der Waals surface area contributed by atoms with Crippen LogP contribution >= 0.6 is 0 Å². The fourth-order valence-corrected chi connectivity index (χ4v) is 5.81. The Morgan fingerprint density at radius 3 is 2.13 bits per heavy atom. The van der Waals surface area contributed by atoms with Crippen LogP contribution in [0.25, 0.3) is 5.70 Å². The maximum absolute atomic E-state index is 2.63. The van der Waals surface area contributed by atoms with Crippen LogP contribution in [0.1, 0.15) is 54.7 Å². The molecule has 1 heteroatoms. The highest BCUT2D eigenvalue weighted by molar-refractivity contribution is 5.90. The smallest absolute Gasteiger partial charge is 0.0535 e. The highest BCUT2D eigenvalue weighted by Crippen LogP contribution is 2.53. The Labute approximate surface area is 179 Å². The maximum atomic E-state index is 2.63. The lowest BCUT2D eigenvalue weighted by atomic mass is 9.70. The van der Waals surface area contributed by atoms with Crippen molar-refractivity contribution in [1.82, 2.24) is 0 Å². The molecule has 3 aromatic carbocycles. The van der Waals surface area contributed by atoms with Gasteiger partial charge in [0.25, 0.3) is 0 Å². The molecule has 0 N–H and O–H groups in total. The summed E-state index contributed by atoms with van der Waals surface area (Å²) >= 11 is 0. The molecule has 1 aliphatic heterocycles. The van der Waals surface area contributed by atoms with E-state index in [4.69, 9.17) is 0 Å². The normalized spacial score (nSPS) is 20.5.